The smallest absolute Gasteiger partial charge is 0.410 e. The summed E-state index contributed by atoms with van der Waals surface area (Å²) in [5.41, 5.74) is 1.17. The number of nitrogens with zero attached hydrogens (tertiary/aromatic N) is 2. The van der Waals surface area contributed by atoms with Crippen LogP contribution in [0, 0.1) is 5.92 Å². The normalized spacial score (nSPS) is 30.8. The number of nitrogens with one attached hydrogen (secondary N) is 3. The summed E-state index contributed by atoms with van der Waals surface area (Å²) in [6.45, 7) is 0.938. The zero-order valence-corrected chi connectivity index (χ0v) is 29.4. The molecule has 0 aromatic heterocycles. The number of alkyl carbamates (subject to hydrolysis) is 1. The molecule has 1 aromatic rings. The summed E-state index contributed by atoms with van der Waals surface area (Å²) in [5.74, 6) is -1.27. The van der Waals surface area contributed by atoms with E-state index >= 15 is 0 Å². The Labute approximate surface area is 297 Å². The maximum Gasteiger partial charge on any atom is 0.410 e. The Morgan fingerprint density at radius 1 is 0.920 bits per heavy atom. The van der Waals surface area contributed by atoms with Crippen molar-refractivity contribution in [1.29, 1.82) is 0 Å². The third kappa shape index (κ3) is 8.08. The van der Waals surface area contributed by atoms with Crippen LogP contribution in [0.4, 0.5) is 9.59 Å². The lowest BCUT2D eigenvalue weighted by Crippen LogP contribution is -2.57. The van der Waals surface area contributed by atoms with Crippen LogP contribution in [0.2, 0.25) is 0 Å². The number of rotatable bonds is 6. The van der Waals surface area contributed by atoms with Gasteiger partial charge in [0.2, 0.25) is 11.8 Å². The molecular formula is C37H49N5O7S. The Hall–Kier alpha value is -3.74. The highest BCUT2D eigenvalue weighted by atomic mass is 32.2. The second-order valence-electron chi connectivity index (χ2n) is 14.8. The molecule has 0 unspecified atom stereocenters. The minimum absolute atomic E-state index is 0.00298. The zero-order valence-electron chi connectivity index (χ0n) is 28.6. The first-order valence-corrected chi connectivity index (χ1v) is 19.4. The van der Waals surface area contributed by atoms with Crippen LogP contribution in [0.3, 0.4) is 0 Å². The largest absolute Gasteiger partial charge is 0.446 e. The van der Waals surface area contributed by atoms with Gasteiger partial charge in [0.05, 0.1) is 6.54 Å². The predicted molar refractivity (Wildman–Crippen MR) is 187 cm³/mol. The van der Waals surface area contributed by atoms with Crippen molar-refractivity contribution >= 4 is 41.9 Å². The molecule has 1 saturated heterocycles. The van der Waals surface area contributed by atoms with Gasteiger partial charge in [0.15, 0.2) is 0 Å². The molecule has 3 aliphatic heterocycles. The third-order valence-electron chi connectivity index (χ3n) is 11.0. The highest BCUT2D eigenvalue weighted by molar-refractivity contribution is 7.98. The van der Waals surface area contributed by atoms with Gasteiger partial charge in [-0.1, -0.05) is 49.3 Å². The monoisotopic (exact) mass is 707 g/mol. The van der Waals surface area contributed by atoms with Gasteiger partial charge in [0, 0.05) is 30.7 Å². The first kappa shape index (κ1) is 34.7. The lowest BCUT2D eigenvalue weighted by atomic mass is 10.0. The van der Waals surface area contributed by atoms with Gasteiger partial charge in [0.1, 0.15) is 29.8 Å². The summed E-state index contributed by atoms with van der Waals surface area (Å²) in [5, 5.41) is 6.28. The van der Waals surface area contributed by atoms with Crippen LogP contribution in [-0.4, -0.2) is 87.9 Å². The average Bonchev–Trinajstić information content (AvgIpc) is 3.96. The highest BCUT2D eigenvalue weighted by Crippen LogP contribution is 2.46. The highest BCUT2D eigenvalue weighted by Gasteiger charge is 2.61. The van der Waals surface area contributed by atoms with E-state index in [1.165, 1.54) is 22.4 Å². The minimum atomic E-state index is -1.11. The Kier molecular flexibility index (Phi) is 10.6. The molecule has 270 valence electrons. The Balaban J connectivity index is 1.10. The molecule has 0 spiro atoms. The van der Waals surface area contributed by atoms with Gasteiger partial charge in [0.25, 0.3) is 5.91 Å². The van der Waals surface area contributed by atoms with E-state index in [0.717, 1.165) is 63.4 Å². The van der Waals surface area contributed by atoms with E-state index in [1.54, 1.807) is 4.90 Å². The van der Waals surface area contributed by atoms with E-state index < -0.39 is 47.7 Å². The van der Waals surface area contributed by atoms with Crippen molar-refractivity contribution < 1.29 is 33.4 Å². The van der Waals surface area contributed by atoms with E-state index in [1.807, 2.05) is 24.3 Å². The summed E-state index contributed by atoms with van der Waals surface area (Å²) >= 11 is 1.41. The third-order valence-corrected chi connectivity index (χ3v) is 12.1. The second-order valence-corrected chi connectivity index (χ2v) is 15.9. The number of allylic oxidation sites excluding steroid dienone is 1. The Morgan fingerprint density at radius 3 is 2.50 bits per heavy atom. The molecule has 4 fully saturated rings. The van der Waals surface area contributed by atoms with E-state index in [-0.39, 0.29) is 30.9 Å². The lowest BCUT2D eigenvalue weighted by molar-refractivity contribution is -0.141. The molecule has 5 amide bonds. The van der Waals surface area contributed by atoms with Crippen LogP contribution in [0.5, 0.6) is 0 Å². The predicted octanol–water partition coefficient (Wildman–Crippen LogP) is 4.51. The fraction of sp³-hybridized carbons (Fsp3) is 0.649. The maximum atomic E-state index is 14.4. The van der Waals surface area contributed by atoms with Crippen molar-refractivity contribution in [3.05, 3.63) is 47.5 Å². The lowest BCUT2D eigenvalue weighted by Gasteiger charge is -2.30. The number of benzene rings is 1. The van der Waals surface area contributed by atoms with E-state index in [9.17, 15) is 24.0 Å². The molecule has 0 radical (unpaired) electrons. The molecule has 12 nitrogen and oxygen atoms in total. The number of hydrogen-bond acceptors (Lipinski definition) is 8. The van der Waals surface area contributed by atoms with Crippen molar-refractivity contribution in [2.75, 3.05) is 13.1 Å². The molecule has 3 saturated carbocycles. The fourth-order valence-corrected chi connectivity index (χ4v) is 8.61. The van der Waals surface area contributed by atoms with Gasteiger partial charge >= 0.3 is 12.2 Å². The quantitative estimate of drug-likeness (QED) is 0.289. The van der Waals surface area contributed by atoms with Gasteiger partial charge in [-0.25, -0.2) is 9.59 Å². The van der Waals surface area contributed by atoms with E-state index in [4.69, 9.17) is 9.47 Å². The molecule has 3 heterocycles. The molecule has 7 rings (SSSR count). The Morgan fingerprint density at radius 2 is 1.70 bits per heavy atom. The summed E-state index contributed by atoms with van der Waals surface area (Å²) in [6.07, 6.45) is 12.7. The minimum Gasteiger partial charge on any atom is -0.446 e. The number of hydrogen-bond donors (Lipinski definition) is 3. The van der Waals surface area contributed by atoms with Gasteiger partial charge in [-0.05, 0) is 93.7 Å². The van der Waals surface area contributed by atoms with Crippen LogP contribution < -0.4 is 15.4 Å². The maximum absolute atomic E-state index is 14.4. The summed E-state index contributed by atoms with van der Waals surface area (Å²) < 4.78 is 14.6. The molecule has 1 aromatic carbocycles. The van der Waals surface area contributed by atoms with Crippen LogP contribution in [0.1, 0.15) is 94.6 Å². The first-order chi connectivity index (χ1) is 24.3. The summed E-state index contributed by atoms with van der Waals surface area (Å²) in [4.78, 5) is 71.8. The molecule has 6 aliphatic rings. The number of ether oxygens (including phenoxy) is 2. The molecule has 3 N–H and O–H groups in total. The van der Waals surface area contributed by atoms with Gasteiger partial charge in [-0.2, -0.15) is 0 Å². The zero-order chi connectivity index (χ0) is 34.7. The van der Waals surface area contributed by atoms with Gasteiger partial charge in [-0.3, -0.25) is 19.1 Å². The first-order valence-electron chi connectivity index (χ1n) is 18.5. The fourth-order valence-electron chi connectivity index (χ4n) is 7.78. The summed E-state index contributed by atoms with van der Waals surface area (Å²) in [7, 11) is 0. The molecule has 0 bridgehead atoms. The van der Waals surface area contributed by atoms with E-state index in [2.05, 4.69) is 27.5 Å². The van der Waals surface area contributed by atoms with Crippen molar-refractivity contribution in [2.45, 2.75) is 132 Å². The number of carbonyl (C=O) groups is 5. The Bertz CT molecular complexity index is 1500. The molecule has 5 atom stereocenters. The molecule has 50 heavy (non-hydrogen) atoms. The van der Waals surface area contributed by atoms with Crippen LogP contribution in [0.25, 0.3) is 0 Å². The topological polar surface area (TPSA) is 146 Å². The van der Waals surface area contributed by atoms with Crippen LogP contribution in [0.15, 0.2) is 36.4 Å². The van der Waals surface area contributed by atoms with Gasteiger partial charge < -0.3 is 29.9 Å². The molecule has 13 heteroatoms. The van der Waals surface area contributed by atoms with Gasteiger partial charge in [-0.15, -0.1) is 0 Å². The van der Waals surface area contributed by atoms with Crippen molar-refractivity contribution in [1.82, 2.24) is 25.2 Å². The number of amides is 5. The molecule has 3 aliphatic carbocycles. The van der Waals surface area contributed by atoms with Crippen molar-refractivity contribution in [3.8, 4) is 0 Å². The number of carbonyl (C=O) groups excluding carboxylic acids is 5. The standard InChI is InChI=1S/C37H49N5O7S/c43-32-31-20-28(49-36(47)41-19-18-24-10-6-7-11-25(24)22-41)23-42(31)33(44)30(38-35(46)48-27-13-8-9-14-27)15-5-3-1-2-4-12-26-21-37(26,39-32)34(45)40-50-29-16-17-29/h4,6-7,10-12,26-31H,1-3,5,8-9,13-23H2,(H,38,46)(H,39,43)(H,40,45)/b12-4-/t26-,28-,30+,31+,37-/m1/s1. The van der Waals surface area contributed by atoms with Crippen LogP contribution in [-0.2, 0) is 36.8 Å². The van der Waals surface area contributed by atoms with Crippen LogP contribution >= 0.6 is 11.9 Å². The number of fused-ring (bicyclic) bond motifs is 3. The van der Waals surface area contributed by atoms with E-state index in [0.29, 0.717) is 44.0 Å². The summed E-state index contributed by atoms with van der Waals surface area (Å²) in [6, 6.07) is 6.11. The second kappa shape index (κ2) is 15.2. The average molecular weight is 708 g/mol. The molecular weight excluding hydrogens is 659 g/mol. The SMILES string of the molecule is O=C(N[C@H]1CCCCC/C=C\[C@@H]2C[C@@]2(C(=O)NSC2CC2)NC(=O)[C@@H]2C[C@@H](OC(=O)N3CCc4ccccc4C3)CN2C1=O)OC1CCCC1. The van der Waals surface area contributed by atoms with Crippen molar-refractivity contribution in [3.63, 3.8) is 0 Å². The van der Waals surface area contributed by atoms with Crippen molar-refractivity contribution in [2.24, 2.45) is 5.92 Å².